The van der Waals surface area contributed by atoms with Gasteiger partial charge in [0.25, 0.3) is 0 Å². The highest BCUT2D eigenvalue weighted by molar-refractivity contribution is 6.33. The van der Waals surface area contributed by atoms with E-state index in [2.05, 4.69) is 5.32 Å². The molecule has 0 aliphatic heterocycles. The number of nitrogens with two attached hydrogens (primary N) is 1. The van der Waals surface area contributed by atoms with Crippen molar-refractivity contribution in [3.8, 4) is 0 Å². The number of hydrogen-bond acceptors (Lipinski definition) is 3. The Morgan fingerprint density at radius 2 is 2.12 bits per heavy atom. The number of nitrogen functional groups attached to an aromatic ring is 1. The van der Waals surface area contributed by atoms with Crippen LogP contribution < -0.4 is 11.1 Å². The van der Waals surface area contributed by atoms with Gasteiger partial charge in [-0.15, -0.1) is 0 Å². The predicted molar refractivity (Wildman–Crippen MR) is 70.2 cm³/mol. The number of rotatable bonds is 6. The van der Waals surface area contributed by atoms with Gasteiger partial charge < -0.3 is 15.8 Å². The zero-order valence-corrected chi connectivity index (χ0v) is 10.6. The molecule has 4 heteroatoms. The summed E-state index contributed by atoms with van der Waals surface area (Å²) in [7, 11) is 1.72. The lowest BCUT2D eigenvalue weighted by atomic mass is 10.1. The molecule has 0 radical (unpaired) electrons. The van der Waals surface area contributed by atoms with E-state index in [9.17, 15) is 0 Å². The first kappa shape index (κ1) is 13.1. The SMILES string of the molecule is COCCCCNc1cc(Cl)c(N)cc1C. The third kappa shape index (κ3) is 3.91. The minimum Gasteiger partial charge on any atom is -0.398 e. The van der Waals surface area contributed by atoms with Gasteiger partial charge in [0.2, 0.25) is 0 Å². The van der Waals surface area contributed by atoms with E-state index >= 15 is 0 Å². The number of nitrogens with one attached hydrogen (secondary N) is 1. The normalized spacial score (nSPS) is 10.4. The van der Waals surface area contributed by atoms with Crippen LogP contribution in [0.25, 0.3) is 0 Å². The van der Waals surface area contributed by atoms with Gasteiger partial charge in [0.1, 0.15) is 0 Å². The molecule has 90 valence electrons. The summed E-state index contributed by atoms with van der Waals surface area (Å²) >= 11 is 5.96. The summed E-state index contributed by atoms with van der Waals surface area (Å²) in [5, 5.41) is 3.95. The molecule has 1 aromatic rings. The van der Waals surface area contributed by atoms with Crippen LogP contribution in [-0.4, -0.2) is 20.3 Å². The second kappa shape index (κ2) is 6.61. The second-order valence-corrected chi connectivity index (χ2v) is 4.22. The standard InChI is InChI=1S/C12H19ClN2O/c1-9-7-11(14)10(13)8-12(9)15-5-3-4-6-16-2/h7-8,15H,3-6,14H2,1-2H3. The molecule has 0 amide bonds. The van der Waals surface area contributed by atoms with Gasteiger partial charge in [-0.3, -0.25) is 0 Å². The van der Waals surface area contributed by atoms with Gasteiger partial charge in [-0.1, -0.05) is 11.6 Å². The maximum absolute atomic E-state index is 5.96. The first-order valence-corrected chi connectivity index (χ1v) is 5.81. The molecule has 16 heavy (non-hydrogen) atoms. The maximum Gasteiger partial charge on any atom is 0.0656 e. The minimum absolute atomic E-state index is 0.602. The van der Waals surface area contributed by atoms with Crippen LogP contribution in [0.2, 0.25) is 5.02 Å². The summed E-state index contributed by atoms with van der Waals surface area (Å²) in [6.45, 7) is 3.75. The molecule has 0 aromatic heterocycles. The Balaban J connectivity index is 2.45. The summed E-state index contributed by atoms with van der Waals surface area (Å²) in [5.74, 6) is 0. The molecule has 0 saturated carbocycles. The van der Waals surface area contributed by atoms with Crippen molar-refractivity contribution in [2.45, 2.75) is 19.8 Å². The van der Waals surface area contributed by atoms with Crippen molar-refractivity contribution >= 4 is 23.0 Å². The van der Waals surface area contributed by atoms with E-state index < -0.39 is 0 Å². The van der Waals surface area contributed by atoms with Crippen LogP contribution in [0.1, 0.15) is 18.4 Å². The van der Waals surface area contributed by atoms with Gasteiger partial charge in [0.15, 0.2) is 0 Å². The van der Waals surface area contributed by atoms with Gasteiger partial charge >= 0.3 is 0 Å². The number of anilines is 2. The van der Waals surface area contributed by atoms with Crippen molar-refractivity contribution in [2.75, 3.05) is 31.3 Å². The monoisotopic (exact) mass is 242 g/mol. The molecule has 1 rings (SSSR count). The van der Waals surface area contributed by atoms with Crippen LogP contribution in [0.3, 0.4) is 0 Å². The highest BCUT2D eigenvalue weighted by Crippen LogP contribution is 2.26. The number of aryl methyl sites for hydroxylation is 1. The van der Waals surface area contributed by atoms with Crippen molar-refractivity contribution in [3.05, 3.63) is 22.7 Å². The highest BCUT2D eigenvalue weighted by atomic mass is 35.5. The molecule has 0 aliphatic rings. The first-order chi connectivity index (χ1) is 7.65. The number of methoxy groups -OCH3 is 1. The van der Waals surface area contributed by atoms with E-state index in [1.54, 1.807) is 7.11 Å². The molecule has 1 aromatic carbocycles. The topological polar surface area (TPSA) is 47.3 Å². The molecule has 3 N–H and O–H groups in total. The number of benzene rings is 1. The van der Waals surface area contributed by atoms with Gasteiger partial charge in [-0.2, -0.15) is 0 Å². The van der Waals surface area contributed by atoms with E-state index in [0.717, 1.165) is 37.2 Å². The van der Waals surface area contributed by atoms with E-state index in [1.165, 1.54) is 0 Å². The molecule has 0 fully saturated rings. The third-order valence-electron chi connectivity index (χ3n) is 2.43. The fourth-order valence-corrected chi connectivity index (χ4v) is 1.65. The molecular weight excluding hydrogens is 224 g/mol. The largest absolute Gasteiger partial charge is 0.398 e. The molecule has 0 aliphatic carbocycles. The van der Waals surface area contributed by atoms with Gasteiger partial charge in [0, 0.05) is 25.9 Å². The number of halogens is 1. The molecule has 3 nitrogen and oxygen atoms in total. The van der Waals surface area contributed by atoms with E-state index in [1.807, 2.05) is 19.1 Å². The second-order valence-electron chi connectivity index (χ2n) is 3.82. The van der Waals surface area contributed by atoms with Crippen molar-refractivity contribution in [1.29, 1.82) is 0 Å². The van der Waals surface area contributed by atoms with Crippen LogP contribution in [0.4, 0.5) is 11.4 Å². The van der Waals surface area contributed by atoms with Gasteiger partial charge in [-0.25, -0.2) is 0 Å². The Morgan fingerprint density at radius 3 is 2.81 bits per heavy atom. The molecule has 0 atom stereocenters. The molecule has 0 spiro atoms. The van der Waals surface area contributed by atoms with E-state index in [0.29, 0.717) is 10.7 Å². The fraction of sp³-hybridized carbons (Fsp3) is 0.500. The lowest BCUT2D eigenvalue weighted by molar-refractivity contribution is 0.194. The van der Waals surface area contributed by atoms with Gasteiger partial charge in [0.05, 0.1) is 10.7 Å². The average molecular weight is 243 g/mol. The highest BCUT2D eigenvalue weighted by Gasteiger charge is 2.02. The Labute approximate surface area is 102 Å². The minimum atomic E-state index is 0.602. The van der Waals surface area contributed by atoms with Crippen molar-refractivity contribution in [3.63, 3.8) is 0 Å². The van der Waals surface area contributed by atoms with Crippen LogP contribution in [0, 0.1) is 6.92 Å². The zero-order valence-electron chi connectivity index (χ0n) is 9.85. The Morgan fingerprint density at radius 1 is 1.38 bits per heavy atom. The summed E-state index contributed by atoms with van der Waals surface area (Å²) in [6.07, 6.45) is 2.14. The van der Waals surface area contributed by atoms with Crippen LogP contribution in [0.15, 0.2) is 12.1 Å². The molecular formula is C12H19ClN2O. The Kier molecular flexibility index (Phi) is 5.43. The zero-order chi connectivity index (χ0) is 12.0. The Bertz CT molecular complexity index is 342. The third-order valence-corrected chi connectivity index (χ3v) is 2.76. The smallest absolute Gasteiger partial charge is 0.0656 e. The van der Waals surface area contributed by atoms with E-state index in [-0.39, 0.29) is 0 Å². The maximum atomic E-state index is 5.96. The number of hydrogen-bond donors (Lipinski definition) is 2. The van der Waals surface area contributed by atoms with Crippen molar-refractivity contribution in [1.82, 2.24) is 0 Å². The summed E-state index contributed by atoms with van der Waals surface area (Å²) in [6, 6.07) is 3.77. The van der Waals surface area contributed by atoms with Crippen LogP contribution in [-0.2, 0) is 4.74 Å². The predicted octanol–water partition coefficient (Wildman–Crippen LogP) is 3.07. The van der Waals surface area contributed by atoms with Crippen molar-refractivity contribution < 1.29 is 4.74 Å². The molecule has 0 bridgehead atoms. The van der Waals surface area contributed by atoms with E-state index in [4.69, 9.17) is 22.1 Å². The van der Waals surface area contributed by atoms with Gasteiger partial charge in [-0.05, 0) is 37.5 Å². The number of ether oxygens (including phenoxy) is 1. The van der Waals surface area contributed by atoms with Crippen LogP contribution >= 0.6 is 11.6 Å². The summed E-state index contributed by atoms with van der Waals surface area (Å²) in [5.41, 5.74) is 8.51. The lowest BCUT2D eigenvalue weighted by Gasteiger charge is -2.11. The van der Waals surface area contributed by atoms with Crippen LogP contribution in [0.5, 0.6) is 0 Å². The fourth-order valence-electron chi connectivity index (χ4n) is 1.49. The first-order valence-electron chi connectivity index (χ1n) is 5.43. The summed E-state index contributed by atoms with van der Waals surface area (Å²) < 4.78 is 4.99. The summed E-state index contributed by atoms with van der Waals surface area (Å²) in [4.78, 5) is 0. The molecule has 0 unspecified atom stereocenters. The lowest BCUT2D eigenvalue weighted by Crippen LogP contribution is -2.04. The number of unbranched alkanes of at least 4 members (excludes halogenated alkanes) is 1. The quantitative estimate of drug-likeness (QED) is 0.595. The van der Waals surface area contributed by atoms with Crippen molar-refractivity contribution in [2.24, 2.45) is 0 Å². The molecule has 0 saturated heterocycles. The molecule has 0 heterocycles. The Hall–Kier alpha value is -0.930. The average Bonchev–Trinajstić information content (AvgIpc) is 2.25.